The topological polar surface area (TPSA) is 133 Å². The Kier molecular flexibility index (Phi) is 10.2. The number of carbonyl (C=O) groups excluding carboxylic acids is 1. The van der Waals surface area contributed by atoms with Crippen LogP contribution in [0.15, 0.2) is 48.8 Å². The average Bonchev–Trinajstić information content (AvgIpc) is 3.53. The van der Waals surface area contributed by atoms with Crippen molar-refractivity contribution < 1.29 is 32.8 Å². The van der Waals surface area contributed by atoms with Crippen molar-refractivity contribution >= 4 is 63.8 Å². The van der Waals surface area contributed by atoms with Gasteiger partial charge in [0.25, 0.3) is 0 Å². The predicted octanol–water partition coefficient (Wildman–Crippen LogP) is 4.81. The zero-order chi connectivity index (χ0) is 33.4. The van der Waals surface area contributed by atoms with Crippen LogP contribution < -0.4 is 14.5 Å². The van der Waals surface area contributed by atoms with Gasteiger partial charge in [-0.25, -0.2) is 24.4 Å². The van der Waals surface area contributed by atoms with Gasteiger partial charge in [0.15, 0.2) is 29.4 Å². The highest BCUT2D eigenvalue weighted by Gasteiger charge is 2.57. The van der Waals surface area contributed by atoms with E-state index in [1.165, 1.54) is 10.9 Å². The average molecular weight is 695 g/mol. The van der Waals surface area contributed by atoms with Gasteiger partial charge in [0, 0.05) is 19.5 Å². The molecule has 5 rings (SSSR count). The van der Waals surface area contributed by atoms with E-state index in [4.69, 9.17) is 41.9 Å². The number of hydrogen-bond donors (Lipinski definition) is 2. The number of ether oxygens (including phenoxy) is 2. The first-order valence-corrected chi connectivity index (χ1v) is 17.8. The number of halogens is 2. The van der Waals surface area contributed by atoms with Crippen molar-refractivity contribution in [3.63, 3.8) is 0 Å². The number of anilines is 1. The van der Waals surface area contributed by atoms with Gasteiger partial charge in [-0.05, 0) is 51.0 Å². The fourth-order valence-corrected chi connectivity index (χ4v) is 7.86. The maximum atomic E-state index is 16.0. The molecule has 1 aliphatic heterocycles. The minimum atomic E-state index is -3.63. The molecule has 1 aliphatic rings. The van der Waals surface area contributed by atoms with Crippen LogP contribution in [0.3, 0.4) is 0 Å². The Morgan fingerprint density at radius 2 is 1.96 bits per heavy atom. The number of carbonyl (C=O) groups is 1. The number of rotatable bonds is 12. The number of nitrogens with zero attached hydrogens (tertiary/aromatic N) is 5. The molecular weight excluding hydrogens is 658 g/mol. The summed E-state index contributed by atoms with van der Waals surface area (Å²) < 4.78 is 41.5. The summed E-state index contributed by atoms with van der Waals surface area (Å²) in [5.41, 5.74) is -0.999. The number of fused-ring (bicyclic) bond motifs is 2. The molecule has 3 heterocycles. The minimum Gasteiger partial charge on any atom is -0.462 e. The first-order valence-electron chi connectivity index (χ1n) is 14.6. The SMILES string of the molecule is Cc1nc(N(C)C)c2ncn([C@@H]3O[C@](CCl)(CO[P@@](=S)(N[C@H](C)C(=O)OC(C)C)Oc4cccc5ccccc45)[C@@H](O)[C@H]3F)c2n1. The molecule has 0 amide bonds. The second-order valence-corrected chi connectivity index (χ2v) is 15.0. The lowest BCUT2D eigenvalue weighted by molar-refractivity contribution is -0.149. The van der Waals surface area contributed by atoms with Gasteiger partial charge in [-0.2, -0.15) is 0 Å². The van der Waals surface area contributed by atoms with E-state index in [-0.39, 0.29) is 12.0 Å². The van der Waals surface area contributed by atoms with E-state index in [2.05, 4.69) is 20.0 Å². The van der Waals surface area contributed by atoms with E-state index in [9.17, 15) is 9.90 Å². The summed E-state index contributed by atoms with van der Waals surface area (Å²) >= 11 is 12.3. The van der Waals surface area contributed by atoms with Crippen molar-refractivity contribution in [2.75, 3.05) is 31.5 Å². The number of benzene rings is 2. The smallest absolute Gasteiger partial charge is 0.323 e. The lowest BCUT2D eigenvalue weighted by atomic mass is 9.99. The molecule has 46 heavy (non-hydrogen) atoms. The van der Waals surface area contributed by atoms with Crippen molar-refractivity contribution in [3.05, 3.63) is 54.6 Å². The summed E-state index contributed by atoms with van der Waals surface area (Å²) in [6, 6.07) is 12.1. The summed E-state index contributed by atoms with van der Waals surface area (Å²) in [7, 11) is 3.62. The van der Waals surface area contributed by atoms with Gasteiger partial charge >= 0.3 is 12.6 Å². The molecule has 0 bridgehead atoms. The number of aliphatic hydroxyl groups is 1. The van der Waals surface area contributed by atoms with Crippen LogP contribution in [0.4, 0.5) is 10.2 Å². The van der Waals surface area contributed by atoms with Crippen molar-refractivity contribution in [1.82, 2.24) is 24.6 Å². The molecule has 4 aromatic rings. The monoisotopic (exact) mass is 694 g/mol. The molecule has 6 atom stereocenters. The van der Waals surface area contributed by atoms with Crippen LogP contribution in [-0.2, 0) is 30.6 Å². The Hall–Kier alpha value is -2.97. The van der Waals surface area contributed by atoms with Gasteiger partial charge < -0.3 is 28.5 Å². The van der Waals surface area contributed by atoms with Crippen LogP contribution in [0, 0.1) is 6.92 Å². The largest absolute Gasteiger partial charge is 0.462 e. The molecule has 2 aromatic carbocycles. The molecule has 0 saturated carbocycles. The molecule has 0 aliphatic carbocycles. The Bertz CT molecular complexity index is 1780. The normalized spacial score (nSPS) is 23.5. The number of aliphatic hydroxyl groups excluding tert-OH is 1. The third kappa shape index (κ3) is 6.84. The van der Waals surface area contributed by atoms with E-state index in [0.717, 1.165) is 10.8 Å². The van der Waals surface area contributed by atoms with Gasteiger partial charge in [0.05, 0.1) is 24.9 Å². The van der Waals surface area contributed by atoms with Crippen molar-refractivity contribution in [2.24, 2.45) is 0 Å². The fraction of sp³-hybridized carbons (Fsp3) is 0.467. The molecule has 2 aromatic heterocycles. The summed E-state index contributed by atoms with van der Waals surface area (Å²) in [5.74, 6) is 0.474. The summed E-state index contributed by atoms with van der Waals surface area (Å²) in [6.45, 7) is 2.64. The second kappa shape index (κ2) is 13.6. The number of aromatic nitrogens is 4. The lowest BCUT2D eigenvalue weighted by Crippen LogP contribution is -2.48. The third-order valence-corrected chi connectivity index (χ3v) is 10.3. The number of alkyl halides is 2. The first kappa shape index (κ1) is 34.4. The fourth-order valence-electron chi connectivity index (χ4n) is 5.12. The maximum absolute atomic E-state index is 16.0. The van der Waals surface area contributed by atoms with Crippen molar-refractivity contribution in [3.8, 4) is 5.75 Å². The zero-order valence-electron chi connectivity index (χ0n) is 26.3. The number of hydrogen-bond acceptors (Lipinski definition) is 11. The number of esters is 1. The van der Waals surface area contributed by atoms with E-state index < -0.39 is 49.4 Å². The molecule has 12 nitrogen and oxygen atoms in total. The Balaban J connectivity index is 1.46. The molecule has 1 saturated heterocycles. The second-order valence-electron chi connectivity index (χ2n) is 11.6. The quantitative estimate of drug-likeness (QED) is 0.120. The Morgan fingerprint density at radius 1 is 1.24 bits per heavy atom. The first-order chi connectivity index (χ1) is 21.8. The van der Waals surface area contributed by atoms with Crippen LogP contribution in [-0.4, -0.2) is 87.2 Å². The molecule has 0 spiro atoms. The molecular formula is C30H37ClFN6O6PS. The molecule has 16 heteroatoms. The van der Waals surface area contributed by atoms with Crippen LogP contribution in [0.5, 0.6) is 5.75 Å². The van der Waals surface area contributed by atoms with Crippen molar-refractivity contribution in [1.29, 1.82) is 0 Å². The number of imidazole rings is 1. The summed E-state index contributed by atoms with van der Waals surface area (Å²) in [6.07, 6.45) is -4.00. The van der Waals surface area contributed by atoms with E-state index in [1.54, 1.807) is 44.7 Å². The van der Waals surface area contributed by atoms with Crippen LogP contribution in [0.1, 0.15) is 32.8 Å². The summed E-state index contributed by atoms with van der Waals surface area (Å²) in [5, 5.41) is 15.9. The van der Waals surface area contributed by atoms with E-state index in [0.29, 0.717) is 28.6 Å². The number of nitrogens with one attached hydrogen (secondary N) is 1. The van der Waals surface area contributed by atoms with E-state index >= 15 is 4.39 Å². The van der Waals surface area contributed by atoms with Gasteiger partial charge in [-0.3, -0.25) is 9.36 Å². The van der Waals surface area contributed by atoms with Gasteiger partial charge in [-0.15, -0.1) is 11.6 Å². The highest BCUT2D eigenvalue weighted by atomic mass is 35.5. The highest BCUT2D eigenvalue weighted by molar-refractivity contribution is 8.09. The van der Waals surface area contributed by atoms with Crippen LogP contribution in [0.2, 0.25) is 0 Å². The molecule has 0 unspecified atom stereocenters. The maximum Gasteiger partial charge on any atom is 0.323 e. The molecule has 248 valence electrons. The highest BCUT2D eigenvalue weighted by Crippen LogP contribution is 2.50. The zero-order valence-corrected chi connectivity index (χ0v) is 28.7. The van der Waals surface area contributed by atoms with E-state index in [1.807, 2.05) is 44.4 Å². The van der Waals surface area contributed by atoms with Crippen LogP contribution >= 0.6 is 18.2 Å². The third-order valence-electron chi connectivity index (χ3n) is 7.41. The summed E-state index contributed by atoms with van der Waals surface area (Å²) in [4.78, 5) is 27.8. The van der Waals surface area contributed by atoms with Gasteiger partial charge in [-0.1, -0.05) is 36.4 Å². The minimum absolute atomic E-state index is 0.325. The van der Waals surface area contributed by atoms with Crippen LogP contribution in [0.25, 0.3) is 21.9 Å². The molecule has 2 N–H and O–H groups in total. The molecule has 0 radical (unpaired) electrons. The number of aryl methyl sites for hydroxylation is 1. The Labute approximate surface area is 276 Å². The Morgan fingerprint density at radius 3 is 2.65 bits per heavy atom. The standard InChI is InChI=1S/C30H37ClFN6O6PS/c1-17(2)42-29(40)18(3)36-45(46,44-22-13-9-11-20-10-7-8-12-21(20)22)41-15-30(14-31)25(39)23(32)28(43-30)38-16-33-24-26(37(5)6)34-19(4)35-27(24)38/h7-13,16-18,23,25,28,39H,14-15H2,1-6H3,(H,36,46)/t18-,23-,25+,28-,30-,45+/m1/s1. The van der Waals surface area contributed by atoms with Crippen molar-refractivity contribution in [2.45, 2.75) is 63.9 Å². The lowest BCUT2D eigenvalue weighted by Gasteiger charge is -2.33. The van der Waals surface area contributed by atoms with Gasteiger partial charge in [0.2, 0.25) is 0 Å². The van der Waals surface area contributed by atoms with Gasteiger partial charge in [0.1, 0.15) is 29.3 Å². The predicted molar refractivity (Wildman–Crippen MR) is 178 cm³/mol. The molecule has 1 fully saturated rings.